The average Bonchev–Trinajstić information content (AvgIpc) is 2.42. The van der Waals surface area contributed by atoms with Crippen LogP contribution >= 0.6 is 34.8 Å². The minimum atomic E-state index is -3.99. The van der Waals surface area contributed by atoms with Gasteiger partial charge in [-0.05, 0) is 36.4 Å². The van der Waals surface area contributed by atoms with Crippen LogP contribution in [0.1, 0.15) is 10.4 Å². The van der Waals surface area contributed by atoms with E-state index in [0.717, 1.165) is 6.07 Å². The first-order valence-corrected chi connectivity index (χ1v) is 8.33. The summed E-state index contributed by atoms with van der Waals surface area (Å²) in [4.78, 5) is 10.8. The summed E-state index contributed by atoms with van der Waals surface area (Å²) in [5.74, 6) is -1.32. The fourth-order valence-electron chi connectivity index (χ4n) is 1.61. The molecular formula is C13H8Cl3NO4S. The Balaban J connectivity index is 2.40. The summed E-state index contributed by atoms with van der Waals surface area (Å²) in [5, 5.41) is 9.39. The second kappa shape index (κ2) is 6.34. The van der Waals surface area contributed by atoms with Crippen molar-refractivity contribution in [1.29, 1.82) is 0 Å². The number of carboxylic acid groups (broad SMARTS) is 1. The average molecular weight is 381 g/mol. The van der Waals surface area contributed by atoms with E-state index in [1.165, 1.54) is 30.3 Å². The summed E-state index contributed by atoms with van der Waals surface area (Å²) in [6.07, 6.45) is 0. The van der Waals surface area contributed by atoms with Gasteiger partial charge < -0.3 is 5.11 Å². The van der Waals surface area contributed by atoms with Gasteiger partial charge in [-0.1, -0.05) is 34.8 Å². The Kier molecular flexibility index (Phi) is 4.87. The molecule has 116 valence electrons. The first kappa shape index (κ1) is 16.9. The molecule has 0 aromatic heterocycles. The zero-order valence-corrected chi connectivity index (χ0v) is 13.8. The molecule has 0 radical (unpaired) electrons. The molecule has 0 aliphatic rings. The Bertz CT molecular complexity index is 852. The van der Waals surface area contributed by atoms with Crippen LogP contribution in [-0.4, -0.2) is 19.5 Å². The molecule has 0 atom stereocenters. The number of hydrogen-bond acceptors (Lipinski definition) is 3. The largest absolute Gasteiger partial charge is 0.478 e. The van der Waals surface area contributed by atoms with Crippen LogP contribution in [0, 0.1) is 0 Å². The zero-order chi connectivity index (χ0) is 16.5. The van der Waals surface area contributed by atoms with Crippen molar-refractivity contribution in [3.05, 3.63) is 57.0 Å². The zero-order valence-electron chi connectivity index (χ0n) is 10.7. The highest BCUT2D eigenvalue weighted by atomic mass is 35.5. The van der Waals surface area contributed by atoms with Crippen molar-refractivity contribution >= 4 is 56.5 Å². The highest BCUT2D eigenvalue weighted by molar-refractivity contribution is 7.92. The lowest BCUT2D eigenvalue weighted by atomic mass is 10.2. The van der Waals surface area contributed by atoms with E-state index in [2.05, 4.69) is 4.72 Å². The number of benzene rings is 2. The van der Waals surface area contributed by atoms with E-state index in [-0.39, 0.29) is 31.2 Å². The van der Waals surface area contributed by atoms with Gasteiger partial charge in [0.15, 0.2) is 0 Å². The SMILES string of the molecule is O=C(O)c1cc(S(=O)(=O)Nc2ccc(Cl)c(Cl)c2)ccc1Cl. The van der Waals surface area contributed by atoms with Crippen molar-refractivity contribution in [3.8, 4) is 0 Å². The Morgan fingerprint density at radius 3 is 2.18 bits per heavy atom. The van der Waals surface area contributed by atoms with Crippen LogP contribution in [0.5, 0.6) is 0 Å². The lowest BCUT2D eigenvalue weighted by molar-refractivity contribution is 0.0697. The summed E-state index contributed by atoms with van der Waals surface area (Å²) >= 11 is 17.3. The maximum absolute atomic E-state index is 12.3. The van der Waals surface area contributed by atoms with Crippen molar-refractivity contribution in [2.24, 2.45) is 0 Å². The van der Waals surface area contributed by atoms with Gasteiger partial charge in [0.05, 0.1) is 31.2 Å². The normalized spacial score (nSPS) is 11.2. The lowest BCUT2D eigenvalue weighted by Crippen LogP contribution is -2.14. The van der Waals surface area contributed by atoms with Crippen LogP contribution in [0.2, 0.25) is 15.1 Å². The number of sulfonamides is 1. The Morgan fingerprint density at radius 1 is 0.955 bits per heavy atom. The molecule has 0 fully saturated rings. The molecule has 0 saturated carbocycles. The summed E-state index contributed by atoms with van der Waals surface area (Å²) in [6, 6.07) is 7.59. The monoisotopic (exact) mass is 379 g/mol. The minimum Gasteiger partial charge on any atom is -0.478 e. The number of carboxylic acids is 1. The smallest absolute Gasteiger partial charge is 0.337 e. The predicted molar refractivity (Wildman–Crippen MR) is 85.7 cm³/mol. The molecule has 0 spiro atoms. The van der Waals surface area contributed by atoms with Crippen molar-refractivity contribution in [2.75, 3.05) is 4.72 Å². The number of anilines is 1. The third-order valence-electron chi connectivity index (χ3n) is 2.65. The van der Waals surface area contributed by atoms with Gasteiger partial charge in [-0.2, -0.15) is 0 Å². The van der Waals surface area contributed by atoms with E-state index in [1.54, 1.807) is 0 Å². The van der Waals surface area contributed by atoms with E-state index in [1.807, 2.05) is 0 Å². The van der Waals surface area contributed by atoms with Crippen LogP contribution in [-0.2, 0) is 10.0 Å². The second-order valence-electron chi connectivity index (χ2n) is 4.18. The topological polar surface area (TPSA) is 83.5 Å². The highest BCUT2D eigenvalue weighted by Crippen LogP contribution is 2.27. The van der Waals surface area contributed by atoms with Crippen LogP contribution < -0.4 is 4.72 Å². The minimum absolute atomic E-state index is 0.0546. The van der Waals surface area contributed by atoms with Gasteiger partial charge in [0, 0.05) is 0 Å². The van der Waals surface area contributed by atoms with Gasteiger partial charge in [-0.15, -0.1) is 0 Å². The Hall–Kier alpha value is -1.47. The molecule has 2 N–H and O–H groups in total. The third-order valence-corrected chi connectivity index (χ3v) is 5.10. The molecule has 22 heavy (non-hydrogen) atoms. The predicted octanol–water partition coefficient (Wildman–Crippen LogP) is 4.15. The first-order chi connectivity index (χ1) is 10.2. The quantitative estimate of drug-likeness (QED) is 0.835. The lowest BCUT2D eigenvalue weighted by Gasteiger charge is -2.10. The first-order valence-electron chi connectivity index (χ1n) is 5.71. The Labute approximate surface area is 141 Å². The maximum Gasteiger partial charge on any atom is 0.337 e. The van der Waals surface area contributed by atoms with E-state index in [4.69, 9.17) is 39.9 Å². The number of halogens is 3. The van der Waals surface area contributed by atoms with Crippen LogP contribution in [0.25, 0.3) is 0 Å². The van der Waals surface area contributed by atoms with Crippen molar-refractivity contribution in [1.82, 2.24) is 0 Å². The molecule has 0 bridgehead atoms. The molecule has 2 aromatic carbocycles. The molecule has 0 heterocycles. The van der Waals surface area contributed by atoms with E-state index >= 15 is 0 Å². The van der Waals surface area contributed by atoms with Crippen molar-refractivity contribution in [2.45, 2.75) is 4.90 Å². The molecule has 2 aromatic rings. The standard InChI is InChI=1S/C13H8Cl3NO4S/c14-10-4-2-8(6-9(10)13(18)19)22(20,21)17-7-1-3-11(15)12(16)5-7/h1-6,17H,(H,18,19). The van der Waals surface area contributed by atoms with Crippen molar-refractivity contribution < 1.29 is 18.3 Å². The summed E-state index contributed by atoms with van der Waals surface area (Å²) in [7, 11) is -3.99. The third kappa shape index (κ3) is 3.64. The molecule has 0 unspecified atom stereocenters. The van der Waals surface area contributed by atoms with Gasteiger partial charge in [-0.25, -0.2) is 13.2 Å². The fraction of sp³-hybridized carbons (Fsp3) is 0. The highest BCUT2D eigenvalue weighted by Gasteiger charge is 2.19. The fourth-order valence-corrected chi connectivity index (χ4v) is 3.18. The molecule has 2 rings (SSSR count). The van der Waals surface area contributed by atoms with Gasteiger partial charge in [0.25, 0.3) is 10.0 Å². The van der Waals surface area contributed by atoms with Crippen LogP contribution in [0.15, 0.2) is 41.3 Å². The maximum atomic E-state index is 12.3. The Morgan fingerprint density at radius 2 is 1.59 bits per heavy atom. The van der Waals surface area contributed by atoms with Gasteiger partial charge in [-0.3, -0.25) is 4.72 Å². The summed E-state index contributed by atoms with van der Waals surface area (Å²) in [6.45, 7) is 0. The van der Waals surface area contributed by atoms with Gasteiger partial charge >= 0.3 is 5.97 Å². The number of nitrogens with one attached hydrogen (secondary N) is 1. The number of rotatable bonds is 4. The van der Waals surface area contributed by atoms with E-state index < -0.39 is 16.0 Å². The number of carbonyl (C=O) groups is 1. The van der Waals surface area contributed by atoms with Gasteiger partial charge in [0.1, 0.15) is 0 Å². The van der Waals surface area contributed by atoms with Crippen LogP contribution in [0.4, 0.5) is 5.69 Å². The van der Waals surface area contributed by atoms with E-state index in [9.17, 15) is 13.2 Å². The van der Waals surface area contributed by atoms with Crippen molar-refractivity contribution in [3.63, 3.8) is 0 Å². The number of hydrogen-bond donors (Lipinski definition) is 2. The number of aromatic carboxylic acids is 1. The molecule has 5 nitrogen and oxygen atoms in total. The molecule has 0 aliphatic heterocycles. The van der Waals surface area contributed by atoms with E-state index in [0.29, 0.717) is 0 Å². The molecule has 0 saturated heterocycles. The molecule has 9 heteroatoms. The van der Waals surface area contributed by atoms with Crippen LogP contribution in [0.3, 0.4) is 0 Å². The summed E-state index contributed by atoms with van der Waals surface area (Å²) in [5.41, 5.74) is -0.111. The molecule has 0 amide bonds. The molecule has 0 aliphatic carbocycles. The summed E-state index contributed by atoms with van der Waals surface area (Å²) < 4.78 is 26.8. The second-order valence-corrected chi connectivity index (χ2v) is 7.09. The molecular weight excluding hydrogens is 373 g/mol. The van der Waals surface area contributed by atoms with Gasteiger partial charge in [0.2, 0.25) is 0 Å².